The average Bonchev–Trinajstić information content (AvgIpc) is 2.72. The van der Waals surface area contributed by atoms with Gasteiger partial charge in [0.2, 0.25) is 0 Å². The SMILES string of the molecule is Cc1cccc2[nH]c(CC(C)(C(=O)O)C(C)C)nc12. The predicted octanol–water partition coefficient (Wildman–Crippen LogP) is 3.16. The number of hydrogen-bond donors (Lipinski definition) is 2. The summed E-state index contributed by atoms with van der Waals surface area (Å²) in [5.74, 6) is 0.00175. The third-order valence-corrected chi connectivity index (χ3v) is 4.06. The molecule has 0 fully saturated rings. The van der Waals surface area contributed by atoms with Gasteiger partial charge in [0.15, 0.2) is 0 Å². The third kappa shape index (κ3) is 2.35. The highest BCUT2D eigenvalue weighted by Gasteiger charge is 2.37. The number of para-hydroxylation sites is 1. The summed E-state index contributed by atoms with van der Waals surface area (Å²) in [6.07, 6.45) is 0.411. The van der Waals surface area contributed by atoms with Gasteiger partial charge in [-0.3, -0.25) is 4.79 Å². The number of carboxylic acid groups (broad SMARTS) is 1. The fourth-order valence-corrected chi connectivity index (χ4v) is 2.18. The first-order chi connectivity index (χ1) is 8.84. The van der Waals surface area contributed by atoms with Crippen LogP contribution in [0, 0.1) is 18.3 Å². The maximum absolute atomic E-state index is 11.5. The molecule has 1 aromatic carbocycles. The number of H-pyrrole nitrogens is 1. The Morgan fingerprint density at radius 1 is 1.47 bits per heavy atom. The second kappa shape index (κ2) is 4.68. The lowest BCUT2D eigenvalue weighted by Crippen LogP contribution is -2.35. The number of carboxylic acids is 1. The van der Waals surface area contributed by atoms with Crippen LogP contribution in [0.15, 0.2) is 18.2 Å². The van der Waals surface area contributed by atoms with Gasteiger partial charge in [0, 0.05) is 6.42 Å². The molecular formula is C15H20N2O2. The van der Waals surface area contributed by atoms with E-state index >= 15 is 0 Å². The number of nitrogens with zero attached hydrogens (tertiary/aromatic N) is 1. The first-order valence-corrected chi connectivity index (χ1v) is 6.52. The van der Waals surface area contributed by atoms with Crippen molar-refractivity contribution in [1.82, 2.24) is 9.97 Å². The molecule has 2 rings (SSSR count). The summed E-state index contributed by atoms with van der Waals surface area (Å²) in [5.41, 5.74) is 2.18. The van der Waals surface area contributed by atoms with Gasteiger partial charge < -0.3 is 10.1 Å². The maximum atomic E-state index is 11.5. The number of imidazole rings is 1. The molecule has 1 atom stereocenters. The lowest BCUT2D eigenvalue weighted by molar-refractivity contribution is -0.150. The summed E-state index contributed by atoms with van der Waals surface area (Å²) in [4.78, 5) is 19.3. The van der Waals surface area contributed by atoms with Crippen molar-refractivity contribution in [2.75, 3.05) is 0 Å². The first kappa shape index (κ1) is 13.6. The van der Waals surface area contributed by atoms with E-state index in [-0.39, 0.29) is 5.92 Å². The number of nitrogens with one attached hydrogen (secondary N) is 1. The van der Waals surface area contributed by atoms with E-state index in [0.29, 0.717) is 6.42 Å². The zero-order valence-electron chi connectivity index (χ0n) is 11.8. The third-order valence-electron chi connectivity index (χ3n) is 4.06. The fraction of sp³-hybridized carbons (Fsp3) is 0.467. The van der Waals surface area contributed by atoms with Gasteiger partial charge in [-0.2, -0.15) is 0 Å². The summed E-state index contributed by atoms with van der Waals surface area (Å²) in [6, 6.07) is 5.94. The van der Waals surface area contributed by atoms with Crippen molar-refractivity contribution >= 4 is 17.0 Å². The molecule has 2 N–H and O–H groups in total. The number of carbonyl (C=O) groups is 1. The highest BCUT2D eigenvalue weighted by atomic mass is 16.4. The zero-order chi connectivity index (χ0) is 14.2. The molecule has 0 amide bonds. The number of aliphatic carboxylic acids is 1. The van der Waals surface area contributed by atoms with Crippen molar-refractivity contribution < 1.29 is 9.90 Å². The summed E-state index contributed by atoms with van der Waals surface area (Å²) >= 11 is 0. The molecule has 19 heavy (non-hydrogen) atoms. The molecule has 4 heteroatoms. The smallest absolute Gasteiger partial charge is 0.310 e. The van der Waals surface area contributed by atoms with Crippen LogP contribution in [0.2, 0.25) is 0 Å². The Hall–Kier alpha value is -1.84. The van der Waals surface area contributed by atoms with E-state index in [9.17, 15) is 9.90 Å². The Labute approximate surface area is 112 Å². The highest BCUT2D eigenvalue weighted by molar-refractivity contribution is 5.79. The molecule has 4 nitrogen and oxygen atoms in total. The van der Waals surface area contributed by atoms with Crippen LogP contribution in [0.4, 0.5) is 0 Å². The molecule has 1 heterocycles. The van der Waals surface area contributed by atoms with Crippen molar-refractivity contribution in [3.05, 3.63) is 29.6 Å². The lowest BCUT2D eigenvalue weighted by atomic mass is 9.76. The first-order valence-electron chi connectivity index (χ1n) is 6.52. The molecule has 0 aliphatic rings. The van der Waals surface area contributed by atoms with E-state index in [4.69, 9.17) is 0 Å². The van der Waals surface area contributed by atoms with E-state index in [1.165, 1.54) is 0 Å². The molecular weight excluding hydrogens is 240 g/mol. The van der Waals surface area contributed by atoms with E-state index in [0.717, 1.165) is 22.4 Å². The molecule has 1 unspecified atom stereocenters. The summed E-state index contributed by atoms with van der Waals surface area (Å²) in [5, 5.41) is 9.45. The van der Waals surface area contributed by atoms with Gasteiger partial charge in [0.05, 0.1) is 16.4 Å². The number of aromatic amines is 1. The van der Waals surface area contributed by atoms with Gasteiger partial charge in [-0.15, -0.1) is 0 Å². The van der Waals surface area contributed by atoms with E-state index < -0.39 is 11.4 Å². The van der Waals surface area contributed by atoms with Crippen molar-refractivity contribution in [1.29, 1.82) is 0 Å². The minimum absolute atomic E-state index is 0.0410. The minimum Gasteiger partial charge on any atom is -0.481 e. The molecule has 2 aromatic rings. The molecule has 0 aliphatic heterocycles. The van der Waals surface area contributed by atoms with Crippen molar-refractivity contribution in [3.8, 4) is 0 Å². The summed E-state index contributed by atoms with van der Waals surface area (Å²) in [7, 11) is 0. The van der Waals surface area contributed by atoms with Crippen molar-refractivity contribution in [3.63, 3.8) is 0 Å². The van der Waals surface area contributed by atoms with Gasteiger partial charge in [-0.1, -0.05) is 26.0 Å². The van der Waals surface area contributed by atoms with Crippen LogP contribution in [0.25, 0.3) is 11.0 Å². The molecule has 102 valence electrons. The lowest BCUT2D eigenvalue weighted by Gasteiger charge is -2.27. The molecule has 0 bridgehead atoms. The maximum Gasteiger partial charge on any atom is 0.310 e. The predicted molar refractivity (Wildman–Crippen MR) is 75.1 cm³/mol. The quantitative estimate of drug-likeness (QED) is 0.887. The molecule has 1 aromatic heterocycles. The van der Waals surface area contributed by atoms with Crippen LogP contribution in [-0.2, 0) is 11.2 Å². The number of rotatable bonds is 4. The molecule has 0 spiro atoms. The second-order valence-electron chi connectivity index (χ2n) is 5.71. The van der Waals surface area contributed by atoms with Gasteiger partial charge >= 0.3 is 5.97 Å². The number of aryl methyl sites for hydroxylation is 1. The summed E-state index contributed by atoms with van der Waals surface area (Å²) in [6.45, 7) is 7.65. The van der Waals surface area contributed by atoms with Gasteiger partial charge in [0.25, 0.3) is 0 Å². The minimum atomic E-state index is -0.804. The summed E-state index contributed by atoms with van der Waals surface area (Å²) < 4.78 is 0. The Morgan fingerprint density at radius 2 is 2.16 bits per heavy atom. The van der Waals surface area contributed by atoms with Gasteiger partial charge in [-0.05, 0) is 31.4 Å². The van der Waals surface area contributed by atoms with Crippen LogP contribution in [0.1, 0.15) is 32.2 Å². The number of hydrogen-bond acceptors (Lipinski definition) is 2. The Bertz CT molecular complexity index is 616. The van der Waals surface area contributed by atoms with Crippen LogP contribution in [0.3, 0.4) is 0 Å². The van der Waals surface area contributed by atoms with Crippen LogP contribution in [-0.4, -0.2) is 21.0 Å². The van der Waals surface area contributed by atoms with E-state index in [2.05, 4.69) is 9.97 Å². The second-order valence-corrected chi connectivity index (χ2v) is 5.71. The fourth-order valence-electron chi connectivity index (χ4n) is 2.18. The highest BCUT2D eigenvalue weighted by Crippen LogP contribution is 2.31. The number of aromatic nitrogens is 2. The van der Waals surface area contributed by atoms with Crippen LogP contribution in [0.5, 0.6) is 0 Å². The molecule has 0 radical (unpaired) electrons. The normalized spacial score (nSPS) is 14.8. The van der Waals surface area contributed by atoms with Crippen LogP contribution >= 0.6 is 0 Å². The Kier molecular flexibility index (Phi) is 3.35. The van der Waals surface area contributed by atoms with Gasteiger partial charge in [0.1, 0.15) is 5.82 Å². The number of fused-ring (bicyclic) bond motifs is 1. The Balaban J connectivity index is 2.40. The van der Waals surface area contributed by atoms with Crippen LogP contribution < -0.4 is 0 Å². The van der Waals surface area contributed by atoms with Crippen molar-refractivity contribution in [2.24, 2.45) is 11.3 Å². The van der Waals surface area contributed by atoms with E-state index in [1.807, 2.05) is 39.0 Å². The van der Waals surface area contributed by atoms with E-state index in [1.54, 1.807) is 6.92 Å². The Morgan fingerprint density at radius 3 is 2.68 bits per heavy atom. The number of benzene rings is 1. The standard InChI is InChI=1S/C15H20N2O2/c1-9(2)15(4,14(18)19)8-12-16-11-7-5-6-10(3)13(11)17-12/h5-7,9H,8H2,1-4H3,(H,16,17)(H,18,19). The monoisotopic (exact) mass is 260 g/mol. The topological polar surface area (TPSA) is 66.0 Å². The molecule has 0 aliphatic carbocycles. The molecule has 0 saturated heterocycles. The van der Waals surface area contributed by atoms with Crippen molar-refractivity contribution in [2.45, 2.75) is 34.1 Å². The average molecular weight is 260 g/mol. The zero-order valence-corrected chi connectivity index (χ0v) is 11.8. The molecule has 0 saturated carbocycles. The largest absolute Gasteiger partial charge is 0.481 e. The van der Waals surface area contributed by atoms with Gasteiger partial charge in [-0.25, -0.2) is 4.98 Å².